The molecule has 2 N–H and O–H groups in total. The van der Waals surface area contributed by atoms with Crippen molar-refractivity contribution in [3.63, 3.8) is 0 Å². The minimum absolute atomic E-state index is 0.183. The molecule has 1 heterocycles. The van der Waals surface area contributed by atoms with Crippen LogP contribution in [0.1, 0.15) is 24.2 Å². The summed E-state index contributed by atoms with van der Waals surface area (Å²) in [5.41, 5.74) is 3.27. The van der Waals surface area contributed by atoms with Crippen molar-refractivity contribution in [1.82, 2.24) is 10.2 Å². The Morgan fingerprint density at radius 1 is 1.30 bits per heavy atom. The van der Waals surface area contributed by atoms with Gasteiger partial charge >= 0.3 is 0 Å². The molecular formula is C15H21N3O2. The second-order valence-corrected chi connectivity index (χ2v) is 4.62. The Morgan fingerprint density at radius 3 is 2.95 bits per heavy atom. The van der Waals surface area contributed by atoms with Gasteiger partial charge in [-0.25, -0.2) is 0 Å². The Balaban J connectivity index is 1.89. The molecule has 1 aromatic carbocycles. The number of rotatable bonds is 8. The molecule has 1 atom stereocenters. The van der Waals surface area contributed by atoms with E-state index in [1.807, 2.05) is 18.2 Å². The third-order valence-corrected chi connectivity index (χ3v) is 3.00. The molecule has 5 nitrogen and oxygen atoms in total. The van der Waals surface area contributed by atoms with Crippen LogP contribution in [0.5, 0.6) is 0 Å². The molecule has 108 valence electrons. The summed E-state index contributed by atoms with van der Waals surface area (Å²) < 4.78 is 10.5. The lowest BCUT2D eigenvalue weighted by Gasteiger charge is -2.14. The van der Waals surface area contributed by atoms with Crippen LogP contribution in [-0.4, -0.2) is 30.5 Å². The van der Waals surface area contributed by atoms with Gasteiger partial charge in [-0.3, -0.25) is 5.10 Å². The highest BCUT2D eigenvalue weighted by molar-refractivity contribution is 5.47. The zero-order valence-corrected chi connectivity index (χ0v) is 11.9. The van der Waals surface area contributed by atoms with Crippen molar-refractivity contribution in [2.75, 3.05) is 25.6 Å². The predicted molar refractivity (Wildman–Crippen MR) is 78.6 cm³/mol. The van der Waals surface area contributed by atoms with Crippen LogP contribution >= 0.6 is 0 Å². The Labute approximate surface area is 119 Å². The monoisotopic (exact) mass is 275 g/mol. The van der Waals surface area contributed by atoms with Gasteiger partial charge in [-0.1, -0.05) is 12.1 Å². The average Bonchev–Trinajstić information content (AvgIpc) is 2.98. The van der Waals surface area contributed by atoms with Gasteiger partial charge in [0.25, 0.3) is 0 Å². The van der Waals surface area contributed by atoms with Gasteiger partial charge in [0.1, 0.15) is 0 Å². The SMILES string of the molecule is COCCOCc1cccc(NC(C)c2ccn[nH]2)c1. The predicted octanol–water partition coefficient (Wildman–Crippen LogP) is 2.75. The average molecular weight is 275 g/mol. The van der Waals surface area contributed by atoms with Crippen molar-refractivity contribution in [1.29, 1.82) is 0 Å². The van der Waals surface area contributed by atoms with E-state index in [0.29, 0.717) is 19.8 Å². The van der Waals surface area contributed by atoms with Crippen molar-refractivity contribution in [2.45, 2.75) is 19.6 Å². The van der Waals surface area contributed by atoms with Crippen LogP contribution in [0.15, 0.2) is 36.5 Å². The molecule has 0 bridgehead atoms. The third-order valence-electron chi connectivity index (χ3n) is 3.00. The number of aromatic nitrogens is 2. The maximum Gasteiger partial charge on any atom is 0.0718 e. The molecule has 0 aliphatic carbocycles. The van der Waals surface area contributed by atoms with Crippen molar-refractivity contribution in [3.8, 4) is 0 Å². The lowest BCUT2D eigenvalue weighted by molar-refractivity contribution is 0.0617. The molecule has 0 aliphatic heterocycles. The first-order chi connectivity index (χ1) is 9.79. The van der Waals surface area contributed by atoms with E-state index in [4.69, 9.17) is 9.47 Å². The van der Waals surface area contributed by atoms with E-state index in [1.165, 1.54) is 0 Å². The van der Waals surface area contributed by atoms with Crippen LogP contribution in [-0.2, 0) is 16.1 Å². The molecule has 0 radical (unpaired) electrons. The molecule has 2 rings (SSSR count). The highest BCUT2D eigenvalue weighted by atomic mass is 16.5. The van der Waals surface area contributed by atoms with Gasteiger partial charge in [-0.2, -0.15) is 5.10 Å². The lowest BCUT2D eigenvalue weighted by Crippen LogP contribution is -2.07. The number of anilines is 1. The maximum atomic E-state index is 5.52. The fourth-order valence-electron chi connectivity index (χ4n) is 1.92. The van der Waals surface area contributed by atoms with E-state index in [1.54, 1.807) is 13.3 Å². The van der Waals surface area contributed by atoms with E-state index < -0.39 is 0 Å². The van der Waals surface area contributed by atoms with Crippen LogP contribution in [0.4, 0.5) is 5.69 Å². The summed E-state index contributed by atoms with van der Waals surface area (Å²) >= 11 is 0. The lowest BCUT2D eigenvalue weighted by atomic mass is 10.2. The summed E-state index contributed by atoms with van der Waals surface area (Å²) in [4.78, 5) is 0. The number of hydrogen-bond acceptors (Lipinski definition) is 4. The second kappa shape index (κ2) is 7.67. The third kappa shape index (κ3) is 4.36. The number of ether oxygens (including phenoxy) is 2. The minimum atomic E-state index is 0.183. The molecule has 0 fully saturated rings. The van der Waals surface area contributed by atoms with Gasteiger partial charge in [0.05, 0.1) is 31.6 Å². The molecule has 5 heteroatoms. The highest BCUT2D eigenvalue weighted by Crippen LogP contribution is 2.18. The van der Waals surface area contributed by atoms with E-state index in [-0.39, 0.29) is 6.04 Å². The van der Waals surface area contributed by atoms with Crippen LogP contribution < -0.4 is 5.32 Å². The normalized spacial score (nSPS) is 12.3. The number of nitrogens with one attached hydrogen (secondary N) is 2. The van der Waals surface area contributed by atoms with E-state index in [0.717, 1.165) is 16.9 Å². The Kier molecular flexibility index (Phi) is 5.58. The molecule has 1 aromatic heterocycles. The fraction of sp³-hybridized carbons (Fsp3) is 0.400. The van der Waals surface area contributed by atoms with Crippen LogP contribution in [0, 0.1) is 0 Å². The van der Waals surface area contributed by atoms with Gasteiger partial charge in [-0.15, -0.1) is 0 Å². The number of methoxy groups -OCH3 is 1. The number of benzene rings is 1. The number of H-pyrrole nitrogens is 1. The van der Waals surface area contributed by atoms with Gasteiger partial charge < -0.3 is 14.8 Å². The molecule has 0 saturated carbocycles. The number of nitrogens with zero attached hydrogens (tertiary/aromatic N) is 1. The van der Waals surface area contributed by atoms with Crippen molar-refractivity contribution in [3.05, 3.63) is 47.8 Å². The van der Waals surface area contributed by atoms with E-state index in [2.05, 4.69) is 34.6 Å². The molecule has 0 spiro atoms. The minimum Gasteiger partial charge on any atom is -0.382 e. The molecule has 0 saturated heterocycles. The fourth-order valence-corrected chi connectivity index (χ4v) is 1.92. The van der Waals surface area contributed by atoms with Gasteiger partial charge in [0.15, 0.2) is 0 Å². The smallest absolute Gasteiger partial charge is 0.0718 e. The highest BCUT2D eigenvalue weighted by Gasteiger charge is 2.06. The van der Waals surface area contributed by atoms with Crippen molar-refractivity contribution in [2.24, 2.45) is 0 Å². The summed E-state index contributed by atoms with van der Waals surface area (Å²) in [7, 11) is 1.67. The van der Waals surface area contributed by atoms with Crippen molar-refractivity contribution < 1.29 is 9.47 Å². The first kappa shape index (κ1) is 14.6. The van der Waals surface area contributed by atoms with Crippen LogP contribution in [0.2, 0.25) is 0 Å². The first-order valence-electron chi connectivity index (χ1n) is 6.71. The summed E-state index contributed by atoms with van der Waals surface area (Å²) in [6, 6.07) is 10.4. The Hall–Kier alpha value is -1.85. The van der Waals surface area contributed by atoms with E-state index >= 15 is 0 Å². The maximum absolute atomic E-state index is 5.52. The molecule has 20 heavy (non-hydrogen) atoms. The van der Waals surface area contributed by atoms with Crippen molar-refractivity contribution >= 4 is 5.69 Å². The summed E-state index contributed by atoms with van der Waals surface area (Å²) in [6.07, 6.45) is 1.76. The Morgan fingerprint density at radius 2 is 2.20 bits per heavy atom. The molecule has 2 aromatic rings. The summed E-state index contributed by atoms with van der Waals surface area (Å²) in [6.45, 7) is 3.92. The van der Waals surface area contributed by atoms with Gasteiger partial charge in [0.2, 0.25) is 0 Å². The molecule has 0 amide bonds. The largest absolute Gasteiger partial charge is 0.382 e. The zero-order chi connectivity index (χ0) is 14.2. The van der Waals surface area contributed by atoms with Gasteiger partial charge in [-0.05, 0) is 30.7 Å². The Bertz CT molecular complexity index is 500. The molecule has 0 aliphatic rings. The second-order valence-electron chi connectivity index (χ2n) is 4.62. The van der Waals surface area contributed by atoms with Gasteiger partial charge in [0, 0.05) is 19.0 Å². The molecular weight excluding hydrogens is 254 g/mol. The summed E-state index contributed by atoms with van der Waals surface area (Å²) in [5, 5.41) is 10.4. The van der Waals surface area contributed by atoms with Crippen LogP contribution in [0.25, 0.3) is 0 Å². The topological polar surface area (TPSA) is 59.2 Å². The number of hydrogen-bond donors (Lipinski definition) is 2. The summed E-state index contributed by atoms with van der Waals surface area (Å²) in [5.74, 6) is 0. The van der Waals surface area contributed by atoms with Crippen LogP contribution in [0.3, 0.4) is 0 Å². The zero-order valence-electron chi connectivity index (χ0n) is 11.9. The quantitative estimate of drug-likeness (QED) is 0.727. The molecule has 1 unspecified atom stereocenters. The van der Waals surface area contributed by atoms with E-state index in [9.17, 15) is 0 Å². The first-order valence-corrected chi connectivity index (χ1v) is 6.71. The number of aromatic amines is 1. The standard InChI is InChI=1S/C15H21N3O2/c1-12(15-6-7-16-18-15)17-14-5-3-4-13(10-14)11-20-9-8-19-2/h3-7,10,12,17H,8-9,11H2,1-2H3,(H,16,18).